The normalized spacial score (nSPS) is 54.6. The van der Waals surface area contributed by atoms with Gasteiger partial charge in [0.2, 0.25) is 5.91 Å². The number of likely N-dealkylation sites (tertiary alicyclic amines) is 1. The number of aliphatic hydroxyl groups is 1. The van der Waals surface area contributed by atoms with Gasteiger partial charge in [-0.05, 0) is 73.5 Å². The zero-order chi connectivity index (χ0) is 15.7. The largest absolute Gasteiger partial charge is 0.393 e. The lowest BCUT2D eigenvalue weighted by Crippen LogP contribution is -2.61. The van der Waals surface area contributed by atoms with Crippen LogP contribution in [0.2, 0.25) is 0 Å². The van der Waals surface area contributed by atoms with Crippen molar-refractivity contribution in [2.24, 2.45) is 28.6 Å². The molecule has 0 aromatic carbocycles. The SMILES string of the molecule is CN1C(=O)CC[C@]2(C)C3CC[C@]4(C)CC(O)CC4C3CCC12. The number of amides is 1. The molecule has 1 saturated heterocycles. The van der Waals surface area contributed by atoms with Crippen LogP contribution in [0.5, 0.6) is 0 Å². The summed E-state index contributed by atoms with van der Waals surface area (Å²) in [4.78, 5) is 14.2. The molecule has 0 spiro atoms. The molecule has 124 valence electrons. The van der Waals surface area contributed by atoms with Crippen LogP contribution in [-0.4, -0.2) is 35.1 Å². The van der Waals surface area contributed by atoms with Gasteiger partial charge in [0.25, 0.3) is 0 Å². The molecule has 4 fully saturated rings. The van der Waals surface area contributed by atoms with E-state index in [0.29, 0.717) is 28.7 Å². The Kier molecular flexibility index (Phi) is 3.21. The lowest BCUT2D eigenvalue weighted by molar-refractivity contribution is -0.156. The van der Waals surface area contributed by atoms with Crippen LogP contribution in [0.15, 0.2) is 0 Å². The summed E-state index contributed by atoms with van der Waals surface area (Å²) >= 11 is 0. The number of hydrogen-bond donors (Lipinski definition) is 1. The van der Waals surface area contributed by atoms with Gasteiger partial charge < -0.3 is 10.0 Å². The highest BCUT2D eigenvalue weighted by molar-refractivity contribution is 5.77. The van der Waals surface area contributed by atoms with Crippen LogP contribution >= 0.6 is 0 Å². The van der Waals surface area contributed by atoms with Crippen molar-refractivity contribution in [3.05, 3.63) is 0 Å². The molecule has 1 amide bonds. The number of fused-ring (bicyclic) bond motifs is 5. The summed E-state index contributed by atoms with van der Waals surface area (Å²) in [5.74, 6) is 2.59. The summed E-state index contributed by atoms with van der Waals surface area (Å²) in [7, 11) is 2.02. The molecule has 4 aliphatic rings. The van der Waals surface area contributed by atoms with Gasteiger partial charge in [-0.25, -0.2) is 0 Å². The van der Waals surface area contributed by atoms with E-state index in [-0.39, 0.29) is 6.10 Å². The molecule has 1 heterocycles. The second kappa shape index (κ2) is 4.72. The summed E-state index contributed by atoms with van der Waals surface area (Å²) in [6.07, 6.45) is 8.78. The van der Waals surface area contributed by atoms with Gasteiger partial charge >= 0.3 is 0 Å². The maximum absolute atomic E-state index is 12.1. The Bertz CT molecular complexity index is 492. The van der Waals surface area contributed by atoms with Gasteiger partial charge in [-0.2, -0.15) is 0 Å². The number of aliphatic hydroxyl groups excluding tert-OH is 1. The third-order valence-electron chi connectivity index (χ3n) is 8.30. The van der Waals surface area contributed by atoms with Crippen molar-refractivity contribution in [1.29, 1.82) is 0 Å². The van der Waals surface area contributed by atoms with E-state index < -0.39 is 0 Å². The average molecular weight is 305 g/mol. The van der Waals surface area contributed by atoms with Gasteiger partial charge in [0, 0.05) is 19.5 Å². The Balaban J connectivity index is 1.65. The monoisotopic (exact) mass is 305 g/mol. The molecule has 4 rings (SSSR count). The van der Waals surface area contributed by atoms with Crippen molar-refractivity contribution in [1.82, 2.24) is 4.90 Å². The third kappa shape index (κ3) is 1.87. The topological polar surface area (TPSA) is 40.5 Å². The zero-order valence-electron chi connectivity index (χ0n) is 14.3. The Morgan fingerprint density at radius 1 is 1.14 bits per heavy atom. The molecule has 3 saturated carbocycles. The highest BCUT2D eigenvalue weighted by atomic mass is 16.3. The van der Waals surface area contributed by atoms with E-state index in [1.165, 1.54) is 25.7 Å². The summed E-state index contributed by atoms with van der Waals surface area (Å²) in [5, 5.41) is 10.2. The van der Waals surface area contributed by atoms with Gasteiger partial charge in [-0.15, -0.1) is 0 Å². The summed E-state index contributed by atoms with van der Waals surface area (Å²) < 4.78 is 0. The van der Waals surface area contributed by atoms with Gasteiger partial charge in [0.05, 0.1) is 6.10 Å². The minimum Gasteiger partial charge on any atom is -0.393 e. The van der Waals surface area contributed by atoms with E-state index in [4.69, 9.17) is 0 Å². The van der Waals surface area contributed by atoms with Crippen molar-refractivity contribution >= 4 is 5.91 Å². The van der Waals surface area contributed by atoms with Crippen molar-refractivity contribution in [3.8, 4) is 0 Å². The van der Waals surface area contributed by atoms with Crippen LogP contribution in [-0.2, 0) is 4.79 Å². The van der Waals surface area contributed by atoms with Crippen molar-refractivity contribution in [2.75, 3.05) is 7.05 Å². The Labute approximate surface area is 134 Å². The van der Waals surface area contributed by atoms with Gasteiger partial charge in [0.15, 0.2) is 0 Å². The van der Waals surface area contributed by atoms with Crippen LogP contribution in [0, 0.1) is 28.6 Å². The first kappa shape index (κ1) is 15.0. The van der Waals surface area contributed by atoms with Crippen molar-refractivity contribution in [2.45, 2.75) is 77.4 Å². The number of nitrogens with zero attached hydrogens (tertiary/aromatic N) is 1. The molecule has 0 radical (unpaired) electrons. The second-order valence-electron chi connectivity index (χ2n) is 9.27. The number of hydrogen-bond acceptors (Lipinski definition) is 2. The first-order valence-corrected chi connectivity index (χ1v) is 9.29. The number of piperidine rings is 1. The van der Waals surface area contributed by atoms with Crippen LogP contribution in [0.3, 0.4) is 0 Å². The number of carbonyl (C=O) groups excluding carboxylic acids is 1. The van der Waals surface area contributed by atoms with E-state index in [1.54, 1.807) is 0 Å². The summed E-state index contributed by atoms with van der Waals surface area (Å²) in [6.45, 7) is 4.89. The molecular weight excluding hydrogens is 274 g/mol. The number of carbonyl (C=O) groups is 1. The van der Waals surface area contributed by atoms with Crippen molar-refractivity contribution in [3.63, 3.8) is 0 Å². The average Bonchev–Trinajstić information content (AvgIpc) is 2.78. The zero-order valence-corrected chi connectivity index (χ0v) is 14.3. The number of rotatable bonds is 0. The molecule has 5 unspecified atom stereocenters. The molecule has 3 heteroatoms. The fraction of sp³-hybridized carbons (Fsp3) is 0.947. The lowest BCUT2D eigenvalue weighted by atomic mass is 9.47. The Morgan fingerprint density at radius 3 is 2.68 bits per heavy atom. The quantitative estimate of drug-likeness (QED) is 0.746. The fourth-order valence-electron chi connectivity index (χ4n) is 7.17. The first-order chi connectivity index (χ1) is 10.3. The maximum Gasteiger partial charge on any atom is 0.222 e. The molecule has 1 N–H and O–H groups in total. The van der Waals surface area contributed by atoms with E-state index in [9.17, 15) is 9.90 Å². The maximum atomic E-state index is 12.1. The van der Waals surface area contributed by atoms with E-state index in [0.717, 1.165) is 37.5 Å². The molecular formula is C19H31NO2. The summed E-state index contributed by atoms with van der Waals surface area (Å²) in [5.41, 5.74) is 0.681. The molecule has 3 aliphatic carbocycles. The van der Waals surface area contributed by atoms with Gasteiger partial charge in [-0.1, -0.05) is 13.8 Å². The van der Waals surface area contributed by atoms with E-state index >= 15 is 0 Å². The fourth-order valence-corrected chi connectivity index (χ4v) is 7.17. The Morgan fingerprint density at radius 2 is 1.91 bits per heavy atom. The van der Waals surface area contributed by atoms with Crippen LogP contribution in [0.4, 0.5) is 0 Å². The highest BCUT2D eigenvalue weighted by Crippen LogP contribution is 2.64. The predicted octanol–water partition coefficient (Wildman–Crippen LogP) is 3.21. The molecule has 0 aromatic rings. The molecule has 0 aromatic heterocycles. The summed E-state index contributed by atoms with van der Waals surface area (Å²) in [6, 6.07) is 0.450. The van der Waals surface area contributed by atoms with Crippen LogP contribution in [0.25, 0.3) is 0 Å². The van der Waals surface area contributed by atoms with Gasteiger partial charge in [0.1, 0.15) is 0 Å². The highest BCUT2D eigenvalue weighted by Gasteiger charge is 2.60. The minimum absolute atomic E-state index is 0.0742. The first-order valence-electron chi connectivity index (χ1n) is 9.29. The predicted molar refractivity (Wildman–Crippen MR) is 86.2 cm³/mol. The van der Waals surface area contributed by atoms with E-state index in [1.807, 2.05) is 7.05 Å². The third-order valence-corrected chi connectivity index (χ3v) is 8.30. The van der Waals surface area contributed by atoms with Crippen LogP contribution < -0.4 is 0 Å². The van der Waals surface area contributed by atoms with E-state index in [2.05, 4.69) is 18.7 Å². The van der Waals surface area contributed by atoms with Crippen LogP contribution in [0.1, 0.15) is 65.2 Å². The Hall–Kier alpha value is -0.570. The second-order valence-corrected chi connectivity index (χ2v) is 9.27. The van der Waals surface area contributed by atoms with Crippen molar-refractivity contribution < 1.29 is 9.90 Å². The van der Waals surface area contributed by atoms with Gasteiger partial charge in [-0.3, -0.25) is 4.79 Å². The molecule has 0 bridgehead atoms. The smallest absolute Gasteiger partial charge is 0.222 e. The molecule has 1 aliphatic heterocycles. The lowest BCUT2D eigenvalue weighted by Gasteiger charge is -2.61. The standard InChI is InChI=1S/C19H31NO2/c1-18-8-6-14-13(15(18)10-12(21)11-18)4-5-16-19(14,2)9-7-17(22)20(16)3/h12-16,21H,4-11H2,1-3H3/t12?,13?,14?,15?,16?,18-,19-/m1/s1. The molecule has 22 heavy (non-hydrogen) atoms. The minimum atomic E-state index is -0.0742. The molecule has 3 nitrogen and oxygen atoms in total. The molecule has 7 atom stereocenters.